The maximum Gasteiger partial charge on any atom is 0.186 e. The Bertz CT molecular complexity index is 568. The van der Waals surface area contributed by atoms with Gasteiger partial charge in [0.15, 0.2) is 10.9 Å². The number of halogens is 1. The van der Waals surface area contributed by atoms with Gasteiger partial charge in [0.05, 0.1) is 0 Å². The number of nitrogens with zero attached hydrogens (tertiary/aromatic N) is 2. The van der Waals surface area contributed by atoms with Crippen LogP contribution < -0.4 is 4.90 Å². The fourth-order valence-corrected chi connectivity index (χ4v) is 2.38. The van der Waals surface area contributed by atoms with Crippen LogP contribution in [0.25, 0.3) is 0 Å². The third-order valence-corrected chi connectivity index (χ3v) is 3.50. The largest absolute Gasteiger partial charge is 0.347 e. The van der Waals surface area contributed by atoms with Gasteiger partial charge in [0.1, 0.15) is 11.5 Å². The van der Waals surface area contributed by atoms with Crippen molar-refractivity contribution >= 4 is 22.3 Å². The Labute approximate surface area is 109 Å². The lowest BCUT2D eigenvalue weighted by Crippen LogP contribution is -2.17. The minimum atomic E-state index is -0.229. The van der Waals surface area contributed by atoms with Crippen LogP contribution in [0.1, 0.15) is 23.0 Å². The number of ketones is 1. The maximum atomic E-state index is 13.5. The van der Waals surface area contributed by atoms with Crippen molar-refractivity contribution in [2.45, 2.75) is 13.5 Å². The molecule has 0 aliphatic carbocycles. The molecule has 5 heteroatoms. The van der Waals surface area contributed by atoms with Crippen LogP contribution in [0.5, 0.6) is 0 Å². The van der Waals surface area contributed by atoms with E-state index in [9.17, 15) is 9.18 Å². The van der Waals surface area contributed by atoms with E-state index in [4.69, 9.17) is 0 Å². The topological polar surface area (TPSA) is 33.2 Å². The predicted octanol–water partition coefficient (Wildman–Crippen LogP) is 3.12. The van der Waals surface area contributed by atoms with Gasteiger partial charge in [-0.15, -0.1) is 11.3 Å². The van der Waals surface area contributed by atoms with Crippen LogP contribution in [-0.4, -0.2) is 17.8 Å². The molecular formula is C13H13FN2OS. The van der Waals surface area contributed by atoms with Gasteiger partial charge in [-0.2, -0.15) is 0 Å². The highest BCUT2D eigenvalue weighted by atomic mass is 32.1. The van der Waals surface area contributed by atoms with Crippen LogP contribution in [0, 0.1) is 5.82 Å². The number of rotatable bonds is 4. The first-order chi connectivity index (χ1) is 8.58. The van der Waals surface area contributed by atoms with Crippen molar-refractivity contribution in [1.29, 1.82) is 0 Å². The molecule has 3 nitrogen and oxygen atoms in total. The highest BCUT2D eigenvalue weighted by molar-refractivity contribution is 7.13. The quantitative estimate of drug-likeness (QED) is 0.795. The van der Waals surface area contributed by atoms with Gasteiger partial charge in [0.2, 0.25) is 0 Å². The van der Waals surface area contributed by atoms with Crippen molar-refractivity contribution in [2.24, 2.45) is 0 Å². The summed E-state index contributed by atoms with van der Waals surface area (Å²) in [6.45, 7) is 1.91. The van der Waals surface area contributed by atoms with Crippen LogP contribution in [0.4, 0.5) is 9.52 Å². The van der Waals surface area contributed by atoms with Gasteiger partial charge in [-0.05, 0) is 6.07 Å². The van der Waals surface area contributed by atoms with E-state index in [2.05, 4.69) is 4.98 Å². The first-order valence-corrected chi connectivity index (χ1v) is 6.37. The summed E-state index contributed by atoms with van der Waals surface area (Å²) in [5, 5.41) is 2.43. The third-order valence-electron chi connectivity index (χ3n) is 2.54. The first-order valence-electron chi connectivity index (χ1n) is 5.49. The predicted molar refractivity (Wildman–Crippen MR) is 70.6 cm³/mol. The minimum Gasteiger partial charge on any atom is -0.347 e. The number of carbonyl (C=O) groups excluding carboxylic acids is 1. The molecule has 0 aliphatic rings. The number of benzene rings is 1. The molecule has 1 aromatic carbocycles. The molecule has 2 aromatic rings. The zero-order valence-electron chi connectivity index (χ0n) is 10.2. The smallest absolute Gasteiger partial charge is 0.186 e. The third kappa shape index (κ3) is 2.73. The summed E-state index contributed by atoms with van der Waals surface area (Å²) in [4.78, 5) is 17.2. The second kappa shape index (κ2) is 5.27. The van der Waals surface area contributed by atoms with Crippen molar-refractivity contribution in [3.05, 3.63) is 46.7 Å². The minimum absolute atomic E-state index is 0.0585. The highest BCUT2D eigenvalue weighted by Gasteiger charge is 2.11. The normalized spacial score (nSPS) is 10.4. The molecule has 0 saturated heterocycles. The number of hydrogen-bond donors (Lipinski definition) is 0. The molecule has 1 heterocycles. The van der Waals surface area contributed by atoms with Crippen LogP contribution in [-0.2, 0) is 6.54 Å². The van der Waals surface area contributed by atoms with E-state index in [1.54, 1.807) is 23.6 Å². The van der Waals surface area contributed by atoms with Crippen molar-refractivity contribution in [2.75, 3.05) is 11.9 Å². The molecule has 94 valence electrons. The molecule has 0 unspecified atom stereocenters. The number of anilines is 1. The Morgan fingerprint density at radius 2 is 2.17 bits per heavy atom. The Balaban J connectivity index is 2.14. The van der Waals surface area contributed by atoms with E-state index in [1.165, 1.54) is 24.3 Å². The molecule has 0 aliphatic heterocycles. The van der Waals surface area contributed by atoms with Gasteiger partial charge >= 0.3 is 0 Å². The Hall–Kier alpha value is -1.75. The summed E-state index contributed by atoms with van der Waals surface area (Å²) in [6.07, 6.45) is 0. The Morgan fingerprint density at radius 3 is 2.78 bits per heavy atom. The number of thiazole rings is 1. The molecule has 0 atom stereocenters. The number of hydrogen-bond acceptors (Lipinski definition) is 4. The average molecular weight is 264 g/mol. The zero-order valence-corrected chi connectivity index (χ0v) is 11.0. The average Bonchev–Trinajstić information content (AvgIpc) is 2.81. The lowest BCUT2D eigenvalue weighted by atomic mass is 10.2. The molecule has 1 aromatic heterocycles. The first kappa shape index (κ1) is 12.7. The molecule has 0 bridgehead atoms. The Morgan fingerprint density at radius 1 is 1.44 bits per heavy atom. The van der Waals surface area contributed by atoms with Crippen LogP contribution >= 0.6 is 11.3 Å². The summed E-state index contributed by atoms with van der Waals surface area (Å²) in [5.41, 5.74) is 1.06. The van der Waals surface area contributed by atoms with Crippen LogP contribution in [0.3, 0.4) is 0 Å². The summed E-state index contributed by atoms with van der Waals surface area (Å²) in [6, 6.07) is 6.64. The Kier molecular flexibility index (Phi) is 3.72. The van der Waals surface area contributed by atoms with E-state index in [0.29, 0.717) is 22.9 Å². The molecule has 18 heavy (non-hydrogen) atoms. The summed E-state index contributed by atoms with van der Waals surface area (Å²) in [7, 11) is 1.83. The molecule has 0 fully saturated rings. The van der Waals surface area contributed by atoms with Gasteiger partial charge in [-0.3, -0.25) is 4.79 Å². The summed E-state index contributed by atoms with van der Waals surface area (Å²) >= 11 is 1.38. The number of carbonyl (C=O) groups is 1. The van der Waals surface area contributed by atoms with E-state index >= 15 is 0 Å². The van der Waals surface area contributed by atoms with E-state index < -0.39 is 0 Å². The highest BCUT2D eigenvalue weighted by Crippen LogP contribution is 2.21. The van der Waals surface area contributed by atoms with Crippen molar-refractivity contribution in [1.82, 2.24) is 4.98 Å². The van der Waals surface area contributed by atoms with Crippen molar-refractivity contribution in [3.63, 3.8) is 0 Å². The fraction of sp³-hybridized carbons (Fsp3) is 0.231. The molecule has 0 N–H and O–H groups in total. The monoisotopic (exact) mass is 264 g/mol. The molecular weight excluding hydrogens is 251 g/mol. The summed E-state index contributed by atoms with van der Waals surface area (Å²) < 4.78 is 13.5. The molecule has 0 radical (unpaired) electrons. The standard InChI is InChI=1S/C13H13FN2OS/c1-9(17)12-8-18-13(15-12)16(2)7-10-5-3-4-6-11(10)14/h3-6,8H,7H2,1-2H3. The fourth-order valence-electron chi connectivity index (χ4n) is 1.55. The number of aromatic nitrogens is 1. The van der Waals surface area contributed by atoms with E-state index in [0.717, 1.165) is 0 Å². The molecule has 0 amide bonds. The van der Waals surface area contributed by atoms with Gasteiger partial charge in [0, 0.05) is 31.5 Å². The van der Waals surface area contributed by atoms with Gasteiger partial charge < -0.3 is 4.90 Å². The van der Waals surface area contributed by atoms with Crippen molar-refractivity contribution < 1.29 is 9.18 Å². The number of Topliss-reactive ketones (excluding diaryl/α,β-unsaturated/α-hetero) is 1. The van der Waals surface area contributed by atoms with E-state index in [-0.39, 0.29) is 11.6 Å². The van der Waals surface area contributed by atoms with Gasteiger partial charge in [0.25, 0.3) is 0 Å². The second-order valence-electron chi connectivity index (χ2n) is 4.02. The van der Waals surface area contributed by atoms with E-state index in [1.807, 2.05) is 11.9 Å². The van der Waals surface area contributed by atoms with Gasteiger partial charge in [-0.25, -0.2) is 9.37 Å². The molecule has 0 spiro atoms. The van der Waals surface area contributed by atoms with Crippen LogP contribution in [0.15, 0.2) is 29.6 Å². The second-order valence-corrected chi connectivity index (χ2v) is 4.86. The lowest BCUT2D eigenvalue weighted by molar-refractivity contribution is 0.101. The SMILES string of the molecule is CC(=O)c1csc(N(C)Cc2ccccc2F)n1. The lowest BCUT2D eigenvalue weighted by Gasteiger charge is -2.15. The van der Waals surface area contributed by atoms with Crippen molar-refractivity contribution in [3.8, 4) is 0 Å². The van der Waals surface area contributed by atoms with Crippen LogP contribution in [0.2, 0.25) is 0 Å². The zero-order chi connectivity index (χ0) is 13.1. The summed E-state index contributed by atoms with van der Waals surface area (Å²) in [5.74, 6) is -0.288. The van der Waals surface area contributed by atoms with Gasteiger partial charge in [-0.1, -0.05) is 18.2 Å². The molecule has 0 saturated carbocycles. The maximum absolute atomic E-state index is 13.5. The molecule has 2 rings (SSSR count).